The number of hydrogen-bond donors (Lipinski definition) is 2. The van der Waals surface area contributed by atoms with Gasteiger partial charge in [-0.05, 0) is 37.8 Å². The van der Waals surface area contributed by atoms with Gasteiger partial charge in [-0.15, -0.1) is 5.10 Å². The first-order valence-electron chi connectivity index (χ1n) is 11.0. The van der Waals surface area contributed by atoms with Crippen LogP contribution in [0.15, 0.2) is 34.9 Å². The van der Waals surface area contributed by atoms with Gasteiger partial charge in [-0.1, -0.05) is 5.10 Å². The molecular formula is C23H23F2N5O6. The zero-order valence-electron chi connectivity index (χ0n) is 19.4. The quantitative estimate of drug-likeness (QED) is 0.436. The summed E-state index contributed by atoms with van der Waals surface area (Å²) in [4.78, 5) is 28.4. The van der Waals surface area contributed by atoms with E-state index in [1.165, 1.54) is 32.5 Å². The lowest BCUT2D eigenvalue weighted by molar-refractivity contribution is -0.147. The molecule has 13 heteroatoms. The normalized spacial score (nSPS) is 17.2. The molecule has 2 aromatic heterocycles. The predicted octanol–water partition coefficient (Wildman–Crippen LogP) is 3.86. The standard InChI is InChI=1S/C23H23F2N5O6/c1-33-18-10-14(11-26-20(18)35-15-6-3-12(4-7-15)22(32)34-2)27-19(31)21-29-30-23(36-21)28-13-5-8-16(24)17(25)9-13/h5,8-12,15H,3-4,6-7H2,1-2H3,(H,27,31)(H,28,30)/t12-,15+. The van der Waals surface area contributed by atoms with E-state index in [0.29, 0.717) is 31.4 Å². The van der Waals surface area contributed by atoms with Crippen molar-refractivity contribution in [3.8, 4) is 11.6 Å². The second-order valence-electron chi connectivity index (χ2n) is 7.97. The summed E-state index contributed by atoms with van der Waals surface area (Å²) < 4.78 is 47.8. The highest BCUT2D eigenvalue weighted by Gasteiger charge is 2.28. The van der Waals surface area contributed by atoms with E-state index in [9.17, 15) is 18.4 Å². The Morgan fingerprint density at radius 1 is 1.03 bits per heavy atom. The first kappa shape index (κ1) is 24.8. The molecule has 1 aliphatic carbocycles. The van der Waals surface area contributed by atoms with Gasteiger partial charge in [-0.25, -0.2) is 13.8 Å². The second-order valence-corrected chi connectivity index (χ2v) is 7.97. The van der Waals surface area contributed by atoms with E-state index in [1.54, 1.807) is 0 Å². The summed E-state index contributed by atoms with van der Waals surface area (Å²) in [6.45, 7) is 0. The second kappa shape index (κ2) is 11.0. The summed E-state index contributed by atoms with van der Waals surface area (Å²) in [5.41, 5.74) is 0.444. The Morgan fingerprint density at radius 3 is 2.50 bits per heavy atom. The van der Waals surface area contributed by atoms with Gasteiger partial charge in [0.05, 0.1) is 32.0 Å². The molecule has 0 unspecified atom stereocenters. The van der Waals surface area contributed by atoms with Crippen LogP contribution in [0.3, 0.4) is 0 Å². The Balaban J connectivity index is 1.36. The van der Waals surface area contributed by atoms with Crippen molar-refractivity contribution < 1.29 is 37.0 Å². The minimum absolute atomic E-state index is 0.125. The third-order valence-corrected chi connectivity index (χ3v) is 5.57. The number of nitrogens with zero attached hydrogens (tertiary/aromatic N) is 3. The number of pyridine rings is 1. The van der Waals surface area contributed by atoms with Crippen LogP contribution in [-0.2, 0) is 9.53 Å². The minimum atomic E-state index is -1.06. The zero-order valence-corrected chi connectivity index (χ0v) is 19.4. The van der Waals surface area contributed by atoms with Gasteiger partial charge in [0, 0.05) is 17.8 Å². The molecule has 0 saturated heterocycles. The van der Waals surface area contributed by atoms with E-state index >= 15 is 0 Å². The summed E-state index contributed by atoms with van der Waals surface area (Å²) >= 11 is 0. The number of benzene rings is 1. The summed E-state index contributed by atoms with van der Waals surface area (Å²) in [5, 5.41) is 12.5. The van der Waals surface area contributed by atoms with Crippen molar-refractivity contribution >= 4 is 29.3 Å². The van der Waals surface area contributed by atoms with Gasteiger partial charge in [0.15, 0.2) is 17.4 Å². The fourth-order valence-corrected chi connectivity index (χ4v) is 3.72. The number of ether oxygens (including phenoxy) is 3. The lowest BCUT2D eigenvalue weighted by Crippen LogP contribution is -2.28. The summed E-state index contributed by atoms with van der Waals surface area (Å²) in [6, 6.07) is 4.45. The van der Waals surface area contributed by atoms with Crippen molar-refractivity contribution in [1.82, 2.24) is 15.2 Å². The van der Waals surface area contributed by atoms with Crippen LogP contribution in [0.5, 0.6) is 11.6 Å². The van der Waals surface area contributed by atoms with Gasteiger partial charge < -0.3 is 29.3 Å². The molecule has 0 bridgehead atoms. The fourth-order valence-electron chi connectivity index (χ4n) is 3.72. The Labute approximate surface area is 204 Å². The highest BCUT2D eigenvalue weighted by Crippen LogP contribution is 2.33. The van der Waals surface area contributed by atoms with Crippen LogP contribution in [0.2, 0.25) is 0 Å². The molecule has 0 atom stereocenters. The van der Waals surface area contributed by atoms with E-state index in [4.69, 9.17) is 18.6 Å². The summed E-state index contributed by atoms with van der Waals surface area (Å²) in [6.07, 6.45) is 3.90. The third kappa shape index (κ3) is 5.85. The number of methoxy groups -OCH3 is 2. The van der Waals surface area contributed by atoms with Gasteiger partial charge in [0.25, 0.3) is 5.88 Å². The van der Waals surface area contributed by atoms with Crippen molar-refractivity contribution in [2.45, 2.75) is 31.8 Å². The van der Waals surface area contributed by atoms with Crippen molar-refractivity contribution in [2.75, 3.05) is 24.9 Å². The lowest BCUT2D eigenvalue weighted by atomic mass is 9.87. The predicted molar refractivity (Wildman–Crippen MR) is 121 cm³/mol. The van der Waals surface area contributed by atoms with Gasteiger partial charge in [0.1, 0.15) is 6.10 Å². The first-order chi connectivity index (χ1) is 17.4. The van der Waals surface area contributed by atoms with Crippen LogP contribution in [0.4, 0.5) is 26.2 Å². The molecule has 1 fully saturated rings. The minimum Gasteiger partial charge on any atom is -0.491 e. The molecule has 1 aliphatic rings. The Kier molecular flexibility index (Phi) is 7.56. The van der Waals surface area contributed by atoms with Gasteiger partial charge >= 0.3 is 23.8 Å². The number of aromatic nitrogens is 3. The van der Waals surface area contributed by atoms with Crippen LogP contribution in [0.25, 0.3) is 0 Å². The van der Waals surface area contributed by atoms with Crippen LogP contribution in [0, 0.1) is 17.6 Å². The molecule has 11 nitrogen and oxygen atoms in total. The maximum Gasteiger partial charge on any atom is 0.320 e. The molecule has 1 amide bonds. The number of carbonyl (C=O) groups excluding carboxylic acids is 2. The number of amides is 1. The highest BCUT2D eigenvalue weighted by atomic mass is 19.2. The topological polar surface area (TPSA) is 138 Å². The van der Waals surface area contributed by atoms with E-state index < -0.39 is 17.5 Å². The largest absolute Gasteiger partial charge is 0.491 e. The average molecular weight is 503 g/mol. The van der Waals surface area contributed by atoms with E-state index in [2.05, 4.69) is 25.8 Å². The number of hydrogen-bond acceptors (Lipinski definition) is 10. The summed E-state index contributed by atoms with van der Waals surface area (Å²) in [5.74, 6) is -2.93. The monoisotopic (exact) mass is 503 g/mol. The van der Waals surface area contributed by atoms with E-state index in [1.807, 2.05) is 0 Å². The van der Waals surface area contributed by atoms with Gasteiger partial charge in [0.2, 0.25) is 0 Å². The van der Waals surface area contributed by atoms with Gasteiger partial charge in [-0.2, -0.15) is 0 Å². The van der Waals surface area contributed by atoms with Crippen LogP contribution in [0.1, 0.15) is 36.4 Å². The SMILES string of the molecule is COc1cc(NC(=O)c2nnc(Nc3ccc(F)c(F)c3)o2)cnc1O[C@H]1CC[C@@H](C(=O)OC)CC1. The lowest BCUT2D eigenvalue weighted by Gasteiger charge is -2.27. The molecule has 3 aromatic rings. The molecular weight excluding hydrogens is 480 g/mol. The third-order valence-electron chi connectivity index (χ3n) is 5.57. The summed E-state index contributed by atoms with van der Waals surface area (Å²) in [7, 11) is 2.82. The van der Waals surface area contributed by atoms with Crippen LogP contribution < -0.4 is 20.1 Å². The van der Waals surface area contributed by atoms with Crippen LogP contribution in [-0.4, -0.2) is 47.4 Å². The molecule has 2 N–H and O–H groups in total. The maximum absolute atomic E-state index is 13.3. The molecule has 190 valence electrons. The van der Waals surface area contributed by atoms with E-state index in [-0.39, 0.29) is 47.2 Å². The first-order valence-corrected chi connectivity index (χ1v) is 11.0. The smallest absolute Gasteiger partial charge is 0.320 e. The molecule has 2 heterocycles. The van der Waals surface area contributed by atoms with Crippen molar-refractivity contribution in [2.24, 2.45) is 5.92 Å². The van der Waals surface area contributed by atoms with Crippen LogP contribution >= 0.6 is 0 Å². The number of rotatable bonds is 8. The van der Waals surface area contributed by atoms with Crippen molar-refractivity contribution in [3.63, 3.8) is 0 Å². The number of nitrogens with one attached hydrogen (secondary N) is 2. The van der Waals surface area contributed by atoms with Gasteiger partial charge in [-0.3, -0.25) is 9.59 Å². The number of anilines is 3. The van der Waals surface area contributed by atoms with Crippen molar-refractivity contribution in [3.05, 3.63) is 48.0 Å². The maximum atomic E-state index is 13.3. The number of esters is 1. The molecule has 0 radical (unpaired) electrons. The molecule has 4 rings (SSSR count). The Bertz CT molecular complexity index is 1250. The Morgan fingerprint density at radius 2 is 1.81 bits per heavy atom. The molecule has 0 spiro atoms. The fraction of sp³-hybridized carbons (Fsp3) is 0.348. The molecule has 1 aromatic carbocycles. The highest BCUT2D eigenvalue weighted by molar-refractivity contribution is 6.01. The number of halogens is 2. The molecule has 36 heavy (non-hydrogen) atoms. The average Bonchev–Trinajstić information content (AvgIpc) is 3.35. The Hall–Kier alpha value is -4.29. The zero-order chi connectivity index (χ0) is 25.7. The van der Waals surface area contributed by atoms with Crippen molar-refractivity contribution in [1.29, 1.82) is 0 Å². The number of carbonyl (C=O) groups is 2. The van der Waals surface area contributed by atoms with E-state index in [0.717, 1.165) is 12.1 Å². The molecule has 0 aliphatic heterocycles. The molecule has 1 saturated carbocycles.